The molecule has 1 fully saturated rings. The highest BCUT2D eigenvalue weighted by Gasteiger charge is 2.27. The van der Waals surface area contributed by atoms with Crippen molar-refractivity contribution in [1.29, 1.82) is 5.26 Å². The van der Waals surface area contributed by atoms with Crippen molar-refractivity contribution in [2.75, 3.05) is 0 Å². The molecule has 0 N–H and O–H groups in total. The Bertz CT molecular complexity index is 1290. The van der Waals surface area contributed by atoms with Crippen LogP contribution in [0.2, 0.25) is 0 Å². The molecule has 1 aliphatic heterocycles. The van der Waals surface area contributed by atoms with Crippen LogP contribution in [-0.4, -0.2) is 9.88 Å². The topological polar surface area (TPSA) is 39.9 Å². The van der Waals surface area contributed by atoms with E-state index in [2.05, 4.69) is 64.3 Å². The van der Waals surface area contributed by atoms with Crippen LogP contribution in [0.15, 0.2) is 78.6 Å². The van der Waals surface area contributed by atoms with Crippen LogP contribution in [0, 0.1) is 23.2 Å². The van der Waals surface area contributed by atoms with Gasteiger partial charge in [-0.3, -0.25) is 0 Å². The van der Waals surface area contributed by atoms with E-state index < -0.39 is 0 Å². The Labute approximate surface area is 183 Å². The summed E-state index contributed by atoms with van der Waals surface area (Å²) in [6, 6.07) is 22.5. The molecule has 0 spiro atoms. The Morgan fingerprint density at radius 2 is 1.81 bits per heavy atom. The van der Waals surface area contributed by atoms with E-state index in [-0.39, 0.29) is 0 Å². The third-order valence-corrected chi connectivity index (χ3v) is 5.51. The first-order chi connectivity index (χ1) is 15.3. The number of nitriles is 1. The average Bonchev–Trinajstić information content (AvgIpc) is 3.65. The van der Waals surface area contributed by atoms with Gasteiger partial charge in [0.25, 0.3) is 0 Å². The predicted octanol–water partition coefficient (Wildman–Crippen LogP) is 5.54. The second-order valence-corrected chi connectivity index (χ2v) is 7.83. The molecule has 2 heterocycles. The summed E-state index contributed by atoms with van der Waals surface area (Å²) in [6.45, 7) is 0.738. The number of nitrogens with zero attached hydrogens (tertiary/aromatic N) is 3. The number of fused-ring (bicyclic) bond motifs is 1. The van der Waals surface area contributed by atoms with Gasteiger partial charge < -0.3 is 4.90 Å². The summed E-state index contributed by atoms with van der Waals surface area (Å²) >= 11 is 0. The van der Waals surface area contributed by atoms with Gasteiger partial charge in [0.1, 0.15) is 5.69 Å². The molecule has 5 rings (SSSR count). The van der Waals surface area contributed by atoms with E-state index in [9.17, 15) is 5.26 Å². The van der Waals surface area contributed by atoms with Gasteiger partial charge in [-0.15, -0.1) is 0 Å². The third kappa shape index (κ3) is 4.27. The molecular formula is C28H21N3. The lowest BCUT2D eigenvalue weighted by atomic mass is 9.99. The largest absolute Gasteiger partial charge is 0.343 e. The molecule has 3 heteroatoms. The van der Waals surface area contributed by atoms with Gasteiger partial charge in [-0.05, 0) is 59.7 Å². The highest BCUT2D eigenvalue weighted by molar-refractivity contribution is 5.81. The fraction of sp³-hybridized carbons (Fsp3) is 0.143. The number of pyridine rings is 1. The molecule has 31 heavy (non-hydrogen) atoms. The van der Waals surface area contributed by atoms with Crippen LogP contribution in [0.3, 0.4) is 0 Å². The minimum atomic E-state index is 0.694. The average molecular weight is 399 g/mol. The Balaban J connectivity index is 1.43. The zero-order chi connectivity index (χ0) is 21.0. The van der Waals surface area contributed by atoms with Crippen LogP contribution in [0.25, 0.3) is 11.8 Å². The standard InChI is InChI=1S/C28H21N3/c29-18-22-9-4-10-23(16-22)20-31-15-14-25-19-30-26(17-27(25)28(31)24-12-13-24)11-5-8-21-6-2-1-3-7-21/h1-4,6-7,9-10,14-17,19H,8,12-13,20H2. The molecule has 0 bridgehead atoms. The van der Waals surface area contributed by atoms with Crippen molar-refractivity contribution in [3.05, 3.63) is 112 Å². The Morgan fingerprint density at radius 3 is 2.61 bits per heavy atom. The van der Waals surface area contributed by atoms with Crippen molar-refractivity contribution in [3.63, 3.8) is 0 Å². The van der Waals surface area contributed by atoms with E-state index in [1.54, 1.807) is 0 Å². The van der Waals surface area contributed by atoms with E-state index in [1.807, 2.05) is 42.6 Å². The van der Waals surface area contributed by atoms with Crippen LogP contribution >= 0.6 is 0 Å². The van der Waals surface area contributed by atoms with E-state index in [0.717, 1.165) is 42.6 Å². The van der Waals surface area contributed by atoms with Crippen molar-refractivity contribution < 1.29 is 0 Å². The van der Waals surface area contributed by atoms with E-state index >= 15 is 0 Å². The normalized spacial score (nSPS) is 13.8. The van der Waals surface area contributed by atoms with E-state index in [0.29, 0.717) is 5.56 Å². The number of hydrogen-bond acceptors (Lipinski definition) is 3. The quantitative estimate of drug-likeness (QED) is 0.543. The maximum Gasteiger partial charge on any atom is 0.113 e. The summed E-state index contributed by atoms with van der Waals surface area (Å²) in [4.78, 5) is 6.86. The van der Waals surface area contributed by atoms with Crippen molar-refractivity contribution in [2.24, 2.45) is 0 Å². The summed E-state index contributed by atoms with van der Waals surface area (Å²) < 4.78 is 0. The Morgan fingerprint density at radius 1 is 0.968 bits per heavy atom. The maximum absolute atomic E-state index is 9.22. The van der Waals surface area contributed by atoms with E-state index in [4.69, 9.17) is 0 Å². The molecule has 0 amide bonds. The Hall–Kier alpha value is -4.08. The molecule has 0 unspecified atom stereocenters. The molecular weight excluding hydrogens is 378 g/mol. The van der Waals surface area contributed by atoms with Gasteiger partial charge in [0.15, 0.2) is 0 Å². The minimum absolute atomic E-state index is 0.694. The lowest BCUT2D eigenvalue weighted by Crippen LogP contribution is -2.19. The van der Waals surface area contributed by atoms with Crippen molar-refractivity contribution >= 4 is 11.8 Å². The SMILES string of the molecule is N#Cc1cccc(CN2C=Cc3cnc(C#CCc4ccccc4)cc3C2=C2CC2)c1. The number of benzene rings is 2. The highest BCUT2D eigenvalue weighted by atomic mass is 15.1. The van der Waals surface area contributed by atoms with Gasteiger partial charge in [0, 0.05) is 42.2 Å². The molecule has 148 valence electrons. The lowest BCUT2D eigenvalue weighted by molar-refractivity contribution is 0.524. The molecule has 3 aromatic rings. The van der Waals surface area contributed by atoms with Crippen LogP contribution in [-0.2, 0) is 13.0 Å². The van der Waals surface area contributed by atoms with Crippen molar-refractivity contribution in [2.45, 2.75) is 25.8 Å². The molecule has 2 aliphatic rings. The van der Waals surface area contributed by atoms with Crippen LogP contribution in [0.1, 0.15) is 46.4 Å². The summed E-state index contributed by atoms with van der Waals surface area (Å²) in [5.74, 6) is 6.50. The summed E-state index contributed by atoms with van der Waals surface area (Å²) in [5.41, 5.74) is 8.90. The van der Waals surface area contributed by atoms with Gasteiger partial charge in [-0.2, -0.15) is 5.26 Å². The molecule has 0 radical (unpaired) electrons. The number of aromatic nitrogens is 1. The minimum Gasteiger partial charge on any atom is -0.343 e. The smallest absolute Gasteiger partial charge is 0.113 e. The van der Waals surface area contributed by atoms with Crippen LogP contribution in [0.5, 0.6) is 0 Å². The van der Waals surface area contributed by atoms with E-state index in [1.165, 1.54) is 22.4 Å². The zero-order valence-corrected chi connectivity index (χ0v) is 17.2. The van der Waals surface area contributed by atoms with Gasteiger partial charge in [0.2, 0.25) is 0 Å². The second kappa shape index (κ2) is 8.34. The molecule has 2 aromatic carbocycles. The van der Waals surface area contributed by atoms with Crippen molar-refractivity contribution in [3.8, 4) is 17.9 Å². The highest BCUT2D eigenvalue weighted by Crippen LogP contribution is 2.42. The third-order valence-electron chi connectivity index (χ3n) is 5.51. The molecule has 1 aliphatic carbocycles. The number of allylic oxidation sites excluding steroid dienone is 1. The summed E-state index contributed by atoms with van der Waals surface area (Å²) in [5, 5.41) is 9.22. The first-order valence-electron chi connectivity index (χ1n) is 10.5. The molecule has 0 atom stereocenters. The van der Waals surface area contributed by atoms with Crippen LogP contribution < -0.4 is 0 Å². The fourth-order valence-electron chi connectivity index (χ4n) is 3.86. The number of hydrogen-bond donors (Lipinski definition) is 0. The summed E-state index contributed by atoms with van der Waals surface area (Å²) in [7, 11) is 0. The molecule has 1 saturated carbocycles. The first kappa shape index (κ1) is 18.9. The maximum atomic E-state index is 9.22. The van der Waals surface area contributed by atoms with Crippen LogP contribution in [0.4, 0.5) is 0 Å². The fourth-order valence-corrected chi connectivity index (χ4v) is 3.86. The second-order valence-electron chi connectivity index (χ2n) is 7.83. The lowest BCUT2D eigenvalue weighted by Gasteiger charge is -2.29. The number of rotatable bonds is 3. The predicted molar refractivity (Wildman–Crippen MR) is 123 cm³/mol. The molecule has 3 nitrogen and oxygen atoms in total. The van der Waals surface area contributed by atoms with Gasteiger partial charge in [-0.25, -0.2) is 4.98 Å². The zero-order valence-electron chi connectivity index (χ0n) is 17.2. The Kier molecular flexibility index (Phi) is 5.09. The molecule has 1 aromatic heterocycles. The summed E-state index contributed by atoms with van der Waals surface area (Å²) in [6.07, 6.45) is 9.15. The van der Waals surface area contributed by atoms with Gasteiger partial charge in [-0.1, -0.05) is 48.4 Å². The van der Waals surface area contributed by atoms with Crippen molar-refractivity contribution in [1.82, 2.24) is 9.88 Å². The van der Waals surface area contributed by atoms with Gasteiger partial charge in [0.05, 0.1) is 11.6 Å². The first-order valence-corrected chi connectivity index (χ1v) is 10.5. The monoisotopic (exact) mass is 399 g/mol. The van der Waals surface area contributed by atoms with Gasteiger partial charge >= 0.3 is 0 Å². The molecule has 0 saturated heterocycles.